The summed E-state index contributed by atoms with van der Waals surface area (Å²) in [5, 5.41) is 11.7. The Balaban J connectivity index is 1.42. The number of rotatable bonds is 6. The Kier molecular flexibility index (Phi) is 6.78. The van der Waals surface area contributed by atoms with Crippen molar-refractivity contribution >= 4 is 28.8 Å². The SMILES string of the molecule is COc1ccc(OC)c(C2C3=C(N=c4sc(=Cc5ccc(-c6ccc(C)cc6[N+](=O)[O-])o5)c(=O)n42)c2ccccc2CC3)c1. The zero-order valence-electron chi connectivity index (χ0n) is 24.2. The fourth-order valence-corrected chi connectivity index (χ4v) is 7.04. The molecular formula is C34H27N3O6S. The molecule has 9 nitrogen and oxygen atoms in total. The highest BCUT2D eigenvalue weighted by Crippen LogP contribution is 2.44. The van der Waals surface area contributed by atoms with Crippen LogP contribution in [0, 0.1) is 17.0 Å². The summed E-state index contributed by atoms with van der Waals surface area (Å²) in [6, 6.07) is 21.8. The number of benzene rings is 3. The molecule has 1 unspecified atom stereocenters. The van der Waals surface area contributed by atoms with Crippen molar-refractivity contribution in [3.8, 4) is 22.8 Å². The van der Waals surface area contributed by atoms with Crippen LogP contribution >= 0.6 is 11.3 Å². The van der Waals surface area contributed by atoms with Gasteiger partial charge in [-0.2, -0.15) is 0 Å². The third-order valence-corrected chi connectivity index (χ3v) is 9.10. The highest BCUT2D eigenvalue weighted by atomic mass is 32.1. The van der Waals surface area contributed by atoms with Gasteiger partial charge >= 0.3 is 0 Å². The lowest BCUT2D eigenvalue weighted by molar-refractivity contribution is -0.384. The van der Waals surface area contributed by atoms with Crippen molar-refractivity contribution in [1.29, 1.82) is 0 Å². The number of nitro benzene ring substituents is 1. The van der Waals surface area contributed by atoms with Crippen molar-refractivity contribution in [3.05, 3.63) is 136 Å². The van der Waals surface area contributed by atoms with Crippen molar-refractivity contribution in [2.75, 3.05) is 14.2 Å². The average Bonchev–Trinajstić information content (AvgIpc) is 3.63. The van der Waals surface area contributed by atoms with Gasteiger partial charge in [-0.3, -0.25) is 19.5 Å². The van der Waals surface area contributed by atoms with E-state index in [0.717, 1.165) is 40.8 Å². The summed E-state index contributed by atoms with van der Waals surface area (Å²) in [5.41, 5.74) is 5.92. The second kappa shape index (κ2) is 10.8. The van der Waals surface area contributed by atoms with E-state index < -0.39 is 11.0 Å². The molecule has 0 saturated carbocycles. The lowest BCUT2D eigenvalue weighted by Gasteiger charge is -2.31. The van der Waals surface area contributed by atoms with Crippen LogP contribution in [0.4, 0.5) is 5.69 Å². The molecule has 0 spiro atoms. The number of hydrogen-bond donors (Lipinski definition) is 0. The minimum absolute atomic E-state index is 0.0385. The van der Waals surface area contributed by atoms with Crippen LogP contribution in [0.5, 0.6) is 11.5 Å². The van der Waals surface area contributed by atoms with E-state index in [-0.39, 0.29) is 11.2 Å². The van der Waals surface area contributed by atoms with Gasteiger partial charge in [0.25, 0.3) is 11.2 Å². The van der Waals surface area contributed by atoms with Crippen molar-refractivity contribution < 1.29 is 18.8 Å². The van der Waals surface area contributed by atoms with Crippen LogP contribution in [-0.2, 0) is 6.42 Å². The van der Waals surface area contributed by atoms with Gasteiger partial charge in [0.05, 0.1) is 41.0 Å². The molecular weight excluding hydrogens is 578 g/mol. The van der Waals surface area contributed by atoms with E-state index >= 15 is 0 Å². The largest absolute Gasteiger partial charge is 0.497 e. The summed E-state index contributed by atoms with van der Waals surface area (Å²) < 4.78 is 19.6. The Labute approximate surface area is 255 Å². The van der Waals surface area contributed by atoms with Gasteiger partial charge in [-0.25, -0.2) is 4.99 Å². The van der Waals surface area contributed by atoms with E-state index in [2.05, 4.69) is 12.1 Å². The number of aryl methyl sites for hydroxylation is 2. The molecule has 7 rings (SSSR count). The monoisotopic (exact) mass is 605 g/mol. The maximum atomic E-state index is 14.2. The van der Waals surface area contributed by atoms with Crippen molar-refractivity contribution in [3.63, 3.8) is 0 Å². The summed E-state index contributed by atoms with van der Waals surface area (Å²) in [6.07, 6.45) is 3.24. The number of thiazole rings is 1. The molecule has 1 atom stereocenters. The molecule has 0 N–H and O–H groups in total. The highest BCUT2D eigenvalue weighted by molar-refractivity contribution is 7.07. The predicted octanol–water partition coefficient (Wildman–Crippen LogP) is 5.81. The first-order valence-electron chi connectivity index (χ1n) is 14.1. The van der Waals surface area contributed by atoms with Crippen molar-refractivity contribution in [1.82, 2.24) is 4.57 Å². The fraction of sp³-hybridized carbons (Fsp3) is 0.176. The Morgan fingerprint density at radius 3 is 2.66 bits per heavy atom. The number of fused-ring (bicyclic) bond motifs is 3. The smallest absolute Gasteiger partial charge is 0.280 e. The maximum absolute atomic E-state index is 14.2. The summed E-state index contributed by atoms with van der Waals surface area (Å²) in [5.74, 6) is 2.06. The molecule has 220 valence electrons. The van der Waals surface area contributed by atoms with E-state index in [9.17, 15) is 14.9 Å². The van der Waals surface area contributed by atoms with Crippen molar-refractivity contribution in [2.45, 2.75) is 25.8 Å². The minimum atomic E-state index is -0.454. The van der Waals surface area contributed by atoms with Gasteiger partial charge in [0.15, 0.2) is 4.80 Å². The lowest BCUT2D eigenvalue weighted by Crippen LogP contribution is -2.39. The Bertz CT molecular complexity index is 2190. The maximum Gasteiger partial charge on any atom is 0.280 e. The Morgan fingerprint density at radius 1 is 1.02 bits per heavy atom. The number of methoxy groups -OCH3 is 2. The van der Waals surface area contributed by atoms with Gasteiger partial charge in [-0.1, -0.05) is 41.7 Å². The summed E-state index contributed by atoms with van der Waals surface area (Å²) in [6.45, 7) is 1.80. The molecule has 0 amide bonds. The average molecular weight is 606 g/mol. The van der Waals surface area contributed by atoms with Crippen LogP contribution < -0.4 is 24.4 Å². The molecule has 0 radical (unpaired) electrons. The van der Waals surface area contributed by atoms with Crippen LogP contribution in [0.25, 0.3) is 23.1 Å². The van der Waals surface area contributed by atoms with Gasteiger partial charge in [0.1, 0.15) is 23.0 Å². The number of nitro groups is 1. The van der Waals surface area contributed by atoms with Gasteiger partial charge in [-0.15, -0.1) is 0 Å². The Morgan fingerprint density at radius 2 is 1.86 bits per heavy atom. The van der Waals surface area contributed by atoms with E-state index in [4.69, 9.17) is 18.9 Å². The molecule has 0 bridgehead atoms. The van der Waals surface area contributed by atoms with Crippen LogP contribution in [0.1, 0.15) is 40.5 Å². The third kappa shape index (κ3) is 4.55. The Hall–Kier alpha value is -5.22. The van der Waals surface area contributed by atoms with Crippen LogP contribution in [-0.4, -0.2) is 23.7 Å². The molecule has 3 aromatic carbocycles. The number of nitrogens with zero attached hydrogens (tertiary/aromatic N) is 3. The first-order valence-corrected chi connectivity index (χ1v) is 14.9. The van der Waals surface area contributed by atoms with Gasteiger partial charge in [0.2, 0.25) is 0 Å². The number of hydrogen-bond acceptors (Lipinski definition) is 8. The fourth-order valence-electron chi connectivity index (χ4n) is 6.06. The molecule has 3 heterocycles. The van der Waals surface area contributed by atoms with Crippen LogP contribution in [0.15, 0.2) is 92.6 Å². The standard InChI is InChI=1S/C34H27N3O6S/c1-19-8-12-24(27(16-19)37(39)40)29-15-11-22(43-29)18-30-33(38)36-32(26-17-21(41-2)10-14-28(26)42-3)25-13-9-20-6-4-5-7-23(20)31(25)35-34(36)44-30/h4-8,10-12,14-18,32H,9,13H2,1-3H3. The van der Waals surface area contributed by atoms with E-state index in [1.54, 1.807) is 56.1 Å². The minimum Gasteiger partial charge on any atom is -0.497 e. The normalized spacial score (nSPS) is 15.7. The summed E-state index contributed by atoms with van der Waals surface area (Å²) >= 11 is 1.28. The summed E-state index contributed by atoms with van der Waals surface area (Å²) in [4.78, 5) is 31.1. The molecule has 1 aliphatic heterocycles. The van der Waals surface area contributed by atoms with Gasteiger partial charge in [0, 0.05) is 23.3 Å². The van der Waals surface area contributed by atoms with E-state index in [1.165, 1.54) is 23.0 Å². The molecule has 2 aromatic heterocycles. The lowest BCUT2D eigenvalue weighted by atomic mass is 9.83. The second-order valence-corrected chi connectivity index (χ2v) is 11.7. The van der Waals surface area contributed by atoms with Crippen molar-refractivity contribution in [2.24, 2.45) is 4.99 Å². The van der Waals surface area contributed by atoms with Gasteiger partial charge in [-0.05, 0) is 72.9 Å². The first kappa shape index (κ1) is 27.6. The zero-order valence-corrected chi connectivity index (χ0v) is 25.0. The van der Waals surface area contributed by atoms with E-state index in [1.807, 2.05) is 30.3 Å². The molecule has 10 heteroatoms. The molecule has 0 saturated heterocycles. The third-order valence-electron chi connectivity index (χ3n) is 8.12. The molecule has 1 aliphatic carbocycles. The van der Waals surface area contributed by atoms with E-state index in [0.29, 0.717) is 37.9 Å². The first-order chi connectivity index (χ1) is 21.4. The quantitative estimate of drug-likeness (QED) is 0.178. The number of allylic oxidation sites excluding steroid dienone is 1. The summed E-state index contributed by atoms with van der Waals surface area (Å²) in [7, 11) is 3.23. The zero-order chi connectivity index (χ0) is 30.5. The highest BCUT2D eigenvalue weighted by Gasteiger charge is 2.34. The van der Waals surface area contributed by atoms with Crippen LogP contribution in [0.3, 0.4) is 0 Å². The predicted molar refractivity (Wildman–Crippen MR) is 168 cm³/mol. The van der Waals surface area contributed by atoms with Crippen LogP contribution in [0.2, 0.25) is 0 Å². The number of ether oxygens (including phenoxy) is 2. The topological polar surface area (TPSA) is 109 Å². The molecule has 0 fully saturated rings. The van der Waals surface area contributed by atoms with Gasteiger partial charge < -0.3 is 13.9 Å². The molecule has 5 aromatic rings. The number of furan rings is 1. The second-order valence-electron chi connectivity index (χ2n) is 10.7. The number of aromatic nitrogens is 1. The molecule has 2 aliphatic rings. The molecule has 44 heavy (non-hydrogen) atoms.